The van der Waals surface area contributed by atoms with Gasteiger partial charge in [0, 0.05) is 25.2 Å². The largest absolute Gasteiger partial charge is 0.296 e. The Kier molecular flexibility index (Phi) is 4.67. The summed E-state index contributed by atoms with van der Waals surface area (Å²) in [6, 6.07) is 1.32. The zero-order valence-electron chi connectivity index (χ0n) is 11.6. The Balaban J connectivity index is 1.85. The first-order valence-corrected chi connectivity index (χ1v) is 8.92. The first kappa shape index (κ1) is 14.3. The van der Waals surface area contributed by atoms with Crippen LogP contribution in [0.25, 0.3) is 0 Å². The maximum Gasteiger partial charge on any atom is 0.211 e. The van der Waals surface area contributed by atoms with E-state index in [1.165, 1.54) is 32.1 Å². The molecule has 1 aliphatic heterocycles. The molecule has 4 nitrogen and oxygen atoms in total. The van der Waals surface area contributed by atoms with Gasteiger partial charge in [0.2, 0.25) is 10.0 Å². The Morgan fingerprint density at radius 3 is 2.72 bits per heavy atom. The summed E-state index contributed by atoms with van der Waals surface area (Å²) in [6.45, 7) is 5.38. The van der Waals surface area contributed by atoms with E-state index < -0.39 is 10.0 Å². The fourth-order valence-electron chi connectivity index (χ4n) is 3.62. The Labute approximate surface area is 111 Å². The summed E-state index contributed by atoms with van der Waals surface area (Å²) in [5, 5.41) is 0. The van der Waals surface area contributed by atoms with Gasteiger partial charge in [-0.3, -0.25) is 4.90 Å². The van der Waals surface area contributed by atoms with Crippen LogP contribution in [0.1, 0.15) is 46.0 Å². The standard InChI is InChI=1S/C13H26N2O2S/c1-3-18(16,17)14-8-9-15-11(2)10-12-6-4-5-7-13(12)15/h11-14H,3-10H2,1-2H3/t11-,12-,13-/m1/s1. The Morgan fingerprint density at radius 1 is 1.28 bits per heavy atom. The van der Waals surface area contributed by atoms with E-state index in [1.54, 1.807) is 6.92 Å². The van der Waals surface area contributed by atoms with Crippen LogP contribution in [0.15, 0.2) is 0 Å². The third kappa shape index (κ3) is 3.25. The summed E-state index contributed by atoms with van der Waals surface area (Å²) in [6.07, 6.45) is 6.68. The second-order valence-electron chi connectivity index (χ2n) is 5.73. The Bertz CT molecular complexity index is 369. The van der Waals surface area contributed by atoms with Crippen LogP contribution in [0.4, 0.5) is 0 Å². The topological polar surface area (TPSA) is 49.4 Å². The van der Waals surface area contributed by atoms with Gasteiger partial charge in [0.15, 0.2) is 0 Å². The highest BCUT2D eigenvalue weighted by Crippen LogP contribution is 2.39. The van der Waals surface area contributed by atoms with Crippen molar-refractivity contribution in [2.45, 2.75) is 58.0 Å². The van der Waals surface area contributed by atoms with Crippen LogP contribution in [0.5, 0.6) is 0 Å². The van der Waals surface area contributed by atoms with Crippen LogP contribution in [0.2, 0.25) is 0 Å². The molecule has 1 saturated heterocycles. The van der Waals surface area contributed by atoms with E-state index in [1.807, 2.05) is 0 Å². The molecule has 1 aliphatic carbocycles. The molecule has 106 valence electrons. The average Bonchev–Trinajstić information content (AvgIpc) is 2.66. The molecule has 1 N–H and O–H groups in total. The van der Waals surface area contributed by atoms with Crippen molar-refractivity contribution in [3.8, 4) is 0 Å². The van der Waals surface area contributed by atoms with Crippen molar-refractivity contribution in [2.24, 2.45) is 5.92 Å². The fraction of sp³-hybridized carbons (Fsp3) is 1.00. The highest BCUT2D eigenvalue weighted by atomic mass is 32.2. The second kappa shape index (κ2) is 5.88. The summed E-state index contributed by atoms with van der Waals surface area (Å²) in [7, 11) is -3.03. The summed E-state index contributed by atoms with van der Waals surface area (Å²) >= 11 is 0. The number of sulfonamides is 1. The lowest BCUT2D eigenvalue weighted by atomic mass is 9.85. The predicted molar refractivity (Wildman–Crippen MR) is 74.0 cm³/mol. The zero-order valence-corrected chi connectivity index (χ0v) is 12.4. The Morgan fingerprint density at radius 2 is 2.00 bits per heavy atom. The summed E-state index contributed by atoms with van der Waals surface area (Å²) in [5.41, 5.74) is 0. The third-order valence-corrected chi connectivity index (χ3v) is 5.98. The molecule has 0 aromatic rings. The maximum atomic E-state index is 11.4. The molecule has 3 atom stereocenters. The molecule has 1 saturated carbocycles. The second-order valence-corrected chi connectivity index (χ2v) is 7.83. The first-order chi connectivity index (χ1) is 8.53. The molecule has 1 heterocycles. The highest BCUT2D eigenvalue weighted by Gasteiger charge is 2.39. The van der Waals surface area contributed by atoms with Gasteiger partial charge in [-0.1, -0.05) is 12.8 Å². The number of hydrogen-bond donors (Lipinski definition) is 1. The molecule has 2 fully saturated rings. The molecular weight excluding hydrogens is 248 g/mol. The molecule has 2 aliphatic rings. The summed E-state index contributed by atoms with van der Waals surface area (Å²) < 4.78 is 25.5. The van der Waals surface area contributed by atoms with E-state index in [2.05, 4.69) is 16.5 Å². The average molecular weight is 274 g/mol. The third-order valence-electron chi connectivity index (χ3n) is 4.58. The minimum atomic E-state index is -3.03. The van der Waals surface area contributed by atoms with Crippen molar-refractivity contribution >= 4 is 10.0 Å². The van der Waals surface area contributed by atoms with E-state index in [0.29, 0.717) is 18.6 Å². The molecule has 0 unspecified atom stereocenters. The number of hydrogen-bond acceptors (Lipinski definition) is 3. The van der Waals surface area contributed by atoms with E-state index in [0.717, 1.165) is 12.5 Å². The van der Waals surface area contributed by atoms with Crippen molar-refractivity contribution in [3.63, 3.8) is 0 Å². The molecule has 5 heteroatoms. The summed E-state index contributed by atoms with van der Waals surface area (Å²) in [4.78, 5) is 2.53. The van der Waals surface area contributed by atoms with Crippen LogP contribution in [-0.2, 0) is 10.0 Å². The lowest BCUT2D eigenvalue weighted by Gasteiger charge is -2.33. The van der Waals surface area contributed by atoms with Crippen LogP contribution in [0.3, 0.4) is 0 Å². The molecule has 2 rings (SSSR count). The normalized spacial score (nSPS) is 33.6. The number of rotatable bonds is 5. The maximum absolute atomic E-state index is 11.4. The number of likely N-dealkylation sites (tertiary alicyclic amines) is 1. The van der Waals surface area contributed by atoms with Crippen LogP contribution < -0.4 is 4.72 Å². The van der Waals surface area contributed by atoms with Gasteiger partial charge in [-0.15, -0.1) is 0 Å². The molecule has 0 aromatic heterocycles. The monoisotopic (exact) mass is 274 g/mol. The van der Waals surface area contributed by atoms with Gasteiger partial charge in [-0.05, 0) is 39.0 Å². The van der Waals surface area contributed by atoms with E-state index in [9.17, 15) is 8.42 Å². The van der Waals surface area contributed by atoms with Gasteiger partial charge >= 0.3 is 0 Å². The van der Waals surface area contributed by atoms with Crippen LogP contribution in [0, 0.1) is 5.92 Å². The van der Waals surface area contributed by atoms with Gasteiger partial charge < -0.3 is 0 Å². The van der Waals surface area contributed by atoms with Gasteiger partial charge in [0.1, 0.15) is 0 Å². The van der Waals surface area contributed by atoms with Gasteiger partial charge in [0.05, 0.1) is 5.75 Å². The molecule has 18 heavy (non-hydrogen) atoms. The van der Waals surface area contributed by atoms with Gasteiger partial charge in [-0.2, -0.15) is 0 Å². The molecule has 0 bridgehead atoms. The van der Waals surface area contributed by atoms with Crippen molar-refractivity contribution < 1.29 is 8.42 Å². The Hall–Kier alpha value is -0.130. The lowest BCUT2D eigenvalue weighted by Crippen LogP contribution is -2.42. The molecular formula is C13H26N2O2S. The van der Waals surface area contributed by atoms with Gasteiger partial charge in [0.25, 0.3) is 0 Å². The van der Waals surface area contributed by atoms with Crippen molar-refractivity contribution in [3.05, 3.63) is 0 Å². The zero-order chi connectivity index (χ0) is 13.2. The predicted octanol–water partition coefficient (Wildman–Crippen LogP) is 1.58. The van der Waals surface area contributed by atoms with Gasteiger partial charge in [-0.25, -0.2) is 13.1 Å². The highest BCUT2D eigenvalue weighted by molar-refractivity contribution is 7.89. The number of nitrogens with zero attached hydrogens (tertiary/aromatic N) is 1. The minimum absolute atomic E-state index is 0.175. The van der Waals surface area contributed by atoms with E-state index in [4.69, 9.17) is 0 Å². The number of nitrogens with one attached hydrogen (secondary N) is 1. The van der Waals surface area contributed by atoms with E-state index >= 15 is 0 Å². The number of fused-ring (bicyclic) bond motifs is 1. The smallest absolute Gasteiger partial charge is 0.211 e. The fourth-order valence-corrected chi connectivity index (χ4v) is 4.22. The molecule has 0 radical (unpaired) electrons. The molecule has 0 aromatic carbocycles. The minimum Gasteiger partial charge on any atom is -0.296 e. The SMILES string of the molecule is CCS(=O)(=O)NCCN1[C@H](C)C[C@H]2CCCC[C@H]21. The lowest BCUT2D eigenvalue weighted by molar-refractivity contribution is 0.160. The van der Waals surface area contributed by atoms with Crippen molar-refractivity contribution in [2.75, 3.05) is 18.8 Å². The summed E-state index contributed by atoms with van der Waals surface area (Å²) in [5.74, 6) is 1.03. The van der Waals surface area contributed by atoms with Crippen LogP contribution >= 0.6 is 0 Å². The molecule has 0 amide bonds. The van der Waals surface area contributed by atoms with Crippen LogP contribution in [-0.4, -0.2) is 44.2 Å². The molecule has 0 spiro atoms. The quantitative estimate of drug-likeness (QED) is 0.828. The van der Waals surface area contributed by atoms with Crippen molar-refractivity contribution in [1.82, 2.24) is 9.62 Å². The van der Waals surface area contributed by atoms with Crippen molar-refractivity contribution in [1.29, 1.82) is 0 Å². The first-order valence-electron chi connectivity index (χ1n) is 7.26. The van der Waals surface area contributed by atoms with E-state index in [-0.39, 0.29) is 5.75 Å².